The lowest BCUT2D eigenvalue weighted by Crippen LogP contribution is -2.09. The molecule has 1 aromatic rings. The average Bonchev–Trinajstić information content (AvgIpc) is 2.33. The second-order valence-corrected chi connectivity index (χ2v) is 4.89. The van der Waals surface area contributed by atoms with Crippen LogP contribution in [0.1, 0.15) is 18.9 Å². The molecule has 0 saturated heterocycles. The summed E-state index contributed by atoms with van der Waals surface area (Å²) < 4.78 is 0. The number of thioether (sulfide) groups is 1. The Morgan fingerprint density at radius 2 is 2.35 bits per heavy atom. The van der Waals surface area contributed by atoms with Gasteiger partial charge in [-0.15, -0.1) is 18.2 Å². The minimum atomic E-state index is 0.542. The molecule has 1 heterocycles. The predicted octanol–water partition coefficient (Wildman–Crippen LogP) is 2.86. The fourth-order valence-corrected chi connectivity index (χ4v) is 2.12. The van der Waals surface area contributed by atoms with Gasteiger partial charge in [0.05, 0.1) is 5.75 Å². The van der Waals surface area contributed by atoms with Gasteiger partial charge >= 0.3 is 0 Å². The van der Waals surface area contributed by atoms with Crippen LogP contribution in [-0.4, -0.2) is 28.0 Å². The largest absolute Gasteiger partial charge is 0.369 e. The second kappa shape index (κ2) is 8.21. The van der Waals surface area contributed by atoms with Crippen molar-refractivity contribution in [1.82, 2.24) is 9.97 Å². The molecule has 0 aliphatic rings. The first-order valence-electron chi connectivity index (χ1n) is 5.54. The average molecular weight is 270 g/mol. The summed E-state index contributed by atoms with van der Waals surface area (Å²) in [5.41, 5.74) is 0.999. The van der Waals surface area contributed by atoms with Crippen molar-refractivity contribution < 1.29 is 0 Å². The smallest absolute Gasteiger partial charge is 0.137 e. The molecule has 0 aliphatic carbocycles. The molecule has 0 amide bonds. The Morgan fingerprint density at radius 3 is 3.06 bits per heavy atom. The van der Waals surface area contributed by atoms with E-state index in [-0.39, 0.29) is 0 Å². The molecule has 5 heteroatoms. The van der Waals surface area contributed by atoms with Gasteiger partial charge in [-0.05, 0) is 6.42 Å². The molecule has 0 saturated carbocycles. The van der Waals surface area contributed by atoms with Gasteiger partial charge in [0.25, 0.3) is 0 Å². The topological polar surface area (TPSA) is 37.8 Å². The molecule has 3 nitrogen and oxygen atoms in total. The van der Waals surface area contributed by atoms with Crippen LogP contribution in [0.25, 0.3) is 0 Å². The Bertz CT molecular complexity index is 390. The second-order valence-electron chi connectivity index (χ2n) is 3.43. The first-order valence-corrected chi connectivity index (χ1v) is 7.07. The van der Waals surface area contributed by atoms with E-state index in [0.717, 1.165) is 42.3 Å². The summed E-state index contributed by atoms with van der Waals surface area (Å²) >= 11 is 7.77. The predicted molar refractivity (Wildman–Crippen MR) is 75.7 cm³/mol. The van der Waals surface area contributed by atoms with Crippen molar-refractivity contribution in [2.45, 2.75) is 19.8 Å². The minimum absolute atomic E-state index is 0.542. The van der Waals surface area contributed by atoms with E-state index >= 15 is 0 Å². The molecule has 0 bridgehead atoms. The summed E-state index contributed by atoms with van der Waals surface area (Å²) in [4.78, 5) is 8.22. The van der Waals surface area contributed by atoms with Crippen molar-refractivity contribution >= 4 is 29.2 Å². The number of halogens is 1. The van der Waals surface area contributed by atoms with E-state index in [0.29, 0.717) is 5.15 Å². The van der Waals surface area contributed by atoms with E-state index in [1.165, 1.54) is 6.33 Å². The summed E-state index contributed by atoms with van der Waals surface area (Å²) in [6, 6.07) is 0. The van der Waals surface area contributed by atoms with Crippen molar-refractivity contribution in [2.75, 3.05) is 23.4 Å². The van der Waals surface area contributed by atoms with E-state index in [1.54, 1.807) is 11.8 Å². The van der Waals surface area contributed by atoms with Gasteiger partial charge in [0, 0.05) is 17.9 Å². The lowest BCUT2D eigenvalue weighted by atomic mass is 10.2. The van der Waals surface area contributed by atoms with Crippen LogP contribution in [0.15, 0.2) is 6.33 Å². The Hall–Kier alpha value is -0.920. The lowest BCUT2D eigenvalue weighted by Gasteiger charge is -2.10. The van der Waals surface area contributed by atoms with Crippen LogP contribution in [0.5, 0.6) is 0 Å². The Kier molecular flexibility index (Phi) is 6.83. The molecular formula is C12H16ClN3S. The molecule has 0 aliphatic heterocycles. The van der Waals surface area contributed by atoms with Crippen LogP contribution in [0, 0.1) is 12.3 Å². The summed E-state index contributed by atoms with van der Waals surface area (Å²) in [5, 5.41) is 3.82. The highest BCUT2D eigenvalue weighted by Crippen LogP contribution is 2.21. The summed E-state index contributed by atoms with van der Waals surface area (Å²) in [6.45, 7) is 2.94. The fraction of sp³-hybridized carbons (Fsp3) is 0.500. The molecule has 1 N–H and O–H groups in total. The maximum Gasteiger partial charge on any atom is 0.137 e. The molecule has 0 unspecified atom stereocenters. The van der Waals surface area contributed by atoms with Crippen LogP contribution < -0.4 is 5.32 Å². The molecule has 1 aromatic heterocycles. The third-order valence-electron chi connectivity index (χ3n) is 2.12. The number of nitrogens with zero attached hydrogens (tertiary/aromatic N) is 2. The van der Waals surface area contributed by atoms with Gasteiger partial charge in [0.1, 0.15) is 17.3 Å². The minimum Gasteiger partial charge on any atom is -0.369 e. The summed E-state index contributed by atoms with van der Waals surface area (Å²) in [6.07, 6.45) is 8.57. The van der Waals surface area contributed by atoms with E-state index in [1.807, 2.05) is 0 Å². The Morgan fingerprint density at radius 1 is 1.53 bits per heavy atom. The van der Waals surface area contributed by atoms with E-state index < -0.39 is 0 Å². The van der Waals surface area contributed by atoms with Crippen LogP contribution in [0.2, 0.25) is 5.15 Å². The highest BCUT2D eigenvalue weighted by atomic mass is 35.5. The van der Waals surface area contributed by atoms with Gasteiger partial charge in [0.15, 0.2) is 0 Å². The number of anilines is 1. The Labute approximate surface area is 112 Å². The maximum absolute atomic E-state index is 6.05. The number of terminal acetylenes is 1. The number of rotatable bonds is 7. The molecule has 0 spiro atoms. The monoisotopic (exact) mass is 269 g/mol. The van der Waals surface area contributed by atoms with Crippen molar-refractivity contribution in [3.05, 3.63) is 17.0 Å². The molecule has 0 atom stereocenters. The number of aromatic nitrogens is 2. The third-order valence-corrected chi connectivity index (χ3v) is 3.31. The van der Waals surface area contributed by atoms with Gasteiger partial charge in [-0.1, -0.05) is 30.9 Å². The van der Waals surface area contributed by atoms with Gasteiger partial charge in [0.2, 0.25) is 0 Å². The fourth-order valence-electron chi connectivity index (χ4n) is 1.39. The molecule has 17 heavy (non-hydrogen) atoms. The zero-order valence-electron chi connectivity index (χ0n) is 9.87. The summed E-state index contributed by atoms with van der Waals surface area (Å²) in [7, 11) is 0. The normalized spacial score (nSPS) is 9.94. The lowest BCUT2D eigenvalue weighted by molar-refractivity contribution is 0.899. The standard InChI is InChI=1S/C12H16ClN3S/c1-3-5-10-11(13)15-9-16-12(10)14-6-8-17-7-4-2/h2,9H,3,5-8H2,1H3,(H,14,15,16). The van der Waals surface area contributed by atoms with Crippen LogP contribution in [0.4, 0.5) is 5.82 Å². The van der Waals surface area contributed by atoms with Crippen LogP contribution >= 0.6 is 23.4 Å². The van der Waals surface area contributed by atoms with Crippen LogP contribution in [-0.2, 0) is 6.42 Å². The molecule has 0 radical (unpaired) electrons. The number of hydrogen-bond donors (Lipinski definition) is 1. The highest BCUT2D eigenvalue weighted by molar-refractivity contribution is 7.99. The van der Waals surface area contributed by atoms with Crippen molar-refractivity contribution in [2.24, 2.45) is 0 Å². The van der Waals surface area contributed by atoms with Gasteiger partial charge in [-0.25, -0.2) is 9.97 Å². The third kappa shape index (κ3) is 4.84. The van der Waals surface area contributed by atoms with Gasteiger partial charge in [-0.3, -0.25) is 0 Å². The SMILES string of the molecule is C#CCSCCNc1ncnc(Cl)c1CCC. The van der Waals surface area contributed by atoms with E-state index in [2.05, 4.69) is 28.1 Å². The molecule has 0 fully saturated rings. The maximum atomic E-state index is 6.05. The number of hydrogen-bond acceptors (Lipinski definition) is 4. The van der Waals surface area contributed by atoms with Crippen LogP contribution in [0.3, 0.4) is 0 Å². The Balaban J connectivity index is 2.52. The van der Waals surface area contributed by atoms with Gasteiger partial charge in [-0.2, -0.15) is 0 Å². The first-order chi connectivity index (χ1) is 8.29. The highest BCUT2D eigenvalue weighted by Gasteiger charge is 2.08. The molecular weight excluding hydrogens is 254 g/mol. The van der Waals surface area contributed by atoms with Crippen molar-refractivity contribution in [3.8, 4) is 12.3 Å². The van der Waals surface area contributed by atoms with Crippen molar-refractivity contribution in [1.29, 1.82) is 0 Å². The van der Waals surface area contributed by atoms with E-state index in [9.17, 15) is 0 Å². The number of nitrogens with one attached hydrogen (secondary N) is 1. The first kappa shape index (κ1) is 14.1. The summed E-state index contributed by atoms with van der Waals surface area (Å²) in [5.74, 6) is 5.14. The molecule has 0 aromatic carbocycles. The quantitative estimate of drug-likeness (QED) is 0.469. The zero-order valence-corrected chi connectivity index (χ0v) is 11.4. The van der Waals surface area contributed by atoms with E-state index in [4.69, 9.17) is 18.0 Å². The van der Waals surface area contributed by atoms with Crippen molar-refractivity contribution in [3.63, 3.8) is 0 Å². The van der Waals surface area contributed by atoms with Gasteiger partial charge < -0.3 is 5.32 Å². The molecule has 1 rings (SSSR count). The molecule has 92 valence electrons. The zero-order chi connectivity index (χ0) is 12.5.